The molecular formula is C21H13IN4O4S. The highest BCUT2D eigenvalue weighted by molar-refractivity contribution is 14.1. The molecule has 1 atom stereocenters. The molecule has 1 unspecified atom stereocenters. The van der Waals surface area contributed by atoms with Gasteiger partial charge in [0, 0.05) is 20.3 Å². The van der Waals surface area contributed by atoms with E-state index in [1.807, 2.05) is 18.2 Å². The van der Waals surface area contributed by atoms with Crippen molar-refractivity contribution in [3.05, 3.63) is 57.4 Å². The van der Waals surface area contributed by atoms with E-state index in [9.17, 15) is 19.2 Å². The number of rotatable bonds is 3. The summed E-state index contributed by atoms with van der Waals surface area (Å²) >= 11 is 3.60. The van der Waals surface area contributed by atoms with Crippen LogP contribution in [0.3, 0.4) is 0 Å². The minimum Gasteiger partial charge on any atom is -0.295 e. The number of benzene rings is 2. The van der Waals surface area contributed by atoms with Gasteiger partial charge in [0.05, 0.1) is 16.6 Å². The maximum Gasteiger partial charge on any atom is 0.262 e. The Hall–Kier alpha value is -2.86. The van der Waals surface area contributed by atoms with Crippen LogP contribution in [-0.4, -0.2) is 44.5 Å². The number of carbonyl (C=O) groups excluding carboxylic acids is 4. The summed E-state index contributed by atoms with van der Waals surface area (Å²) in [5, 5.41) is 3.83. The summed E-state index contributed by atoms with van der Waals surface area (Å²) in [6.07, 6.45) is 1.71. The molecule has 2 aliphatic heterocycles. The molecule has 0 bridgehead atoms. The van der Waals surface area contributed by atoms with Gasteiger partial charge in [-0.1, -0.05) is 11.8 Å². The summed E-state index contributed by atoms with van der Waals surface area (Å²) in [6, 6.07) is 9.90. The van der Waals surface area contributed by atoms with Gasteiger partial charge < -0.3 is 0 Å². The summed E-state index contributed by atoms with van der Waals surface area (Å²) in [4.78, 5) is 59.8. The van der Waals surface area contributed by atoms with E-state index in [1.54, 1.807) is 18.2 Å². The van der Waals surface area contributed by atoms with Gasteiger partial charge in [0.1, 0.15) is 17.4 Å². The maximum atomic E-state index is 13.0. The van der Waals surface area contributed by atoms with E-state index >= 15 is 0 Å². The molecule has 10 heteroatoms. The summed E-state index contributed by atoms with van der Waals surface area (Å²) in [5.41, 5.74) is 1.31. The van der Waals surface area contributed by atoms with Crippen molar-refractivity contribution in [1.82, 2.24) is 20.2 Å². The number of hydrogen-bond donors (Lipinski definition) is 1. The molecule has 0 saturated carbocycles. The van der Waals surface area contributed by atoms with Gasteiger partial charge in [-0.15, -0.1) is 0 Å². The third-order valence-corrected chi connectivity index (χ3v) is 6.87. The highest BCUT2D eigenvalue weighted by atomic mass is 127. The molecule has 0 radical (unpaired) electrons. The van der Waals surface area contributed by atoms with Gasteiger partial charge >= 0.3 is 0 Å². The monoisotopic (exact) mass is 544 g/mol. The number of aromatic nitrogens is 2. The molecule has 2 aliphatic rings. The highest BCUT2D eigenvalue weighted by Gasteiger charge is 2.44. The molecule has 31 heavy (non-hydrogen) atoms. The molecule has 8 nitrogen and oxygen atoms in total. The standard InChI is InChI=1S/C21H13IN4O4S/c22-10-1-4-15-14(7-10)19(24-9-23-15)31-11-2-3-12-13(8-11)21(30)26(20(12)29)16-5-6-17(27)25-18(16)28/h1-4,7-9,16H,5-6H2,(H,25,27,28). The number of imide groups is 2. The number of hydrogen-bond acceptors (Lipinski definition) is 7. The molecule has 1 N–H and O–H groups in total. The number of fused-ring (bicyclic) bond motifs is 2. The lowest BCUT2D eigenvalue weighted by molar-refractivity contribution is -0.136. The SMILES string of the molecule is O=C1CCC(N2C(=O)c3ccc(Sc4ncnc5ccc(I)cc45)cc3C2=O)C(=O)N1. The molecule has 3 heterocycles. The Labute approximate surface area is 193 Å². The molecule has 0 spiro atoms. The van der Waals surface area contributed by atoms with Crippen LogP contribution >= 0.6 is 34.4 Å². The van der Waals surface area contributed by atoms with Crippen LogP contribution < -0.4 is 5.32 Å². The molecule has 1 fully saturated rings. The maximum absolute atomic E-state index is 13.0. The third kappa shape index (κ3) is 3.49. The summed E-state index contributed by atoms with van der Waals surface area (Å²) in [6.45, 7) is 0. The van der Waals surface area contributed by atoms with Crippen LogP contribution in [0, 0.1) is 3.57 Å². The normalized spacial score (nSPS) is 18.5. The molecule has 1 aromatic heterocycles. The van der Waals surface area contributed by atoms with Crippen molar-refractivity contribution >= 4 is 68.9 Å². The average molecular weight is 544 g/mol. The summed E-state index contributed by atoms with van der Waals surface area (Å²) < 4.78 is 1.05. The largest absolute Gasteiger partial charge is 0.295 e. The van der Waals surface area contributed by atoms with E-state index in [0.717, 1.165) is 29.3 Å². The zero-order valence-corrected chi connectivity index (χ0v) is 18.8. The molecule has 0 aliphatic carbocycles. The van der Waals surface area contributed by atoms with Gasteiger partial charge in [-0.05, 0) is 65.4 Å². The topological polar surface area (TPSA) is 109 Å². The number of piperidine rings is 1. The third-order valence-electron chi connectivity index (χ3n) is 5.19. The second-order valence-electron chi connectivity index (χ2n) is 7.10. The Morgan fingerprint density at radius 2 is 1.81 bits per heavy atom. The first kappa shape index (κ1) is 20.1. The fourth-order valence-corrected chi connectivity index (χ4v) is 5.11. The van der Waals surface area contributed by atoms with Crippen molar-refractivity contribution < 1.29 is 19.2 Å². The molecule has 4 amide bonds. The van der Waals surface area contributed by atoms with Crippen molar-refractivity contribution in [2.24, 2.45) is 0 Å². The molecule has 5 rings (SSSR count). The Balaban J connectivity index is 1.47. The van der Waals surface area contributed by atoms with Gasteiger partial charge in [0.2, 0.25) is 11.8 Å². The lowest BCUT2D eigenvalue weighted by Crippen LogP contribution is -2.54. The Kier molecular flexibility index (Phi) is 4.97. The van der Waals surface area contributed by atoms with Crippen molar-refractivity contribution in [2.45, 2.75) is 28.8 Å². The van der Waals surface area contributed by atoms with Crippen LogP contribution in [0.15, 0.2) is 52.6 Å². The quantitative estimate of drug-likeness (QED) is 0.307. The number of carbonyl (C=O) groups is 4. The zero-order chi connectivity index (χ0) is 21.7. The van der Waals surface area contributed by atoms with Crippen LogP contribution in [-0.2, 0) is 9.59 Å². The Morgan fingerprint density at radius 3 is 2.61 bits per heavy atom. The second kappa shape index (κ2) is 7.68. The first-order valence-corrected chi connectivity index (χ1v) is 11.3. The Morgan fingerprint density at radius 1 is 1.00 bits per heavy atom. The fraction of sp³-hybridized carbons (Fsp3) is 0.143. The minimum atomic E-state index is -0.978. The van der Waals surface area contributed by atoms with E-state index in [-0.39, 0.29) is 24.0 Å². The lowest BCUT2D eigenvalue weighted by atomic mass is 10.0. The van der Waals surface area contributed by atoms with Crippen LogP contribution in [0.5, 0.6) is 0 Å². The van der Waals surface area contributed by atoms with Crippen molar-refractivity contribution in [3.63, 3.8) is 0 Å². The minimum absolute atomic E-state index is 0.0878. The number of amides is 4. The van der Waals surface area contributed by atoms with E-state index in [0.29, 0.717) is 0 Å². The van der Waals surface area contributed by atoms with Gasteiger partial charge in [0.25, 0.3) is 11.8 Å². The fourth-order valence-electron chi connectivity index (χ4n) is 3.71. The van der Waals surface area contributed by atoms with Crippen molar-refractivity contribution in [2.75, 3.05) is 0 Å². The first-order chi connectivity index (χ1) is 14.9. The lowest BCUT2D eigenvalue weighted by Gasteiger charge is -2.27. The van der Waals surface area contributed by atoms with E-state index < -0.39 is 29.7 Å². The Bertz CT molecular complexity index is 1310. The van der Waals surface area contributed by atoms with Crippen LogP contribution in [0.25, 0.3) is 10.9 Å². The predicted molar refractivity (Wildman–Crippen MR) is 119 cm³/mol. The highest BCUT2D eigenvalue weighted by Crippen LogP contribution is 2.35. The van der Waals surface area contributed by atoms with Crippen molar-refractivity contribution in [1.29, 1.82) is 0 Å². The average Bonchev–Trinajstić information content (AvgIpc) is 2.99. The molecule has 3 aromatic rings. The number of halogens is 1. The number of nitrogens with zero attached hydrogens (tertiary/aromatic N) is 3. The summed E-state index contributed by atoms with van der Waals surface area (Å²) in [7, 11) is 0. The van der Waals surface area contributed by atoms with Crippen molar-refractivity contribution in [3.8, 4) is 0 Å². The smallest absolute Gasteiger partial charge is 0.262 e. The van der Waals surface area contributed by atoms with Gasteiger partial charge in [-0.2, -0.15) is 0 Å². The molecule has 154 valence electrons. The van der Waals surface area contributed by atoms with Gasteiger partial charge in [0.15, 0.2) is 0 Å². The van der Waals surface area contributed by atoms with Gasteiger partial charge in [-0.3, -0.25) is 29.4 Å². The first-order valence-electron chi connectivity index (χ1n) is 9.36. The van der Waals surface area contributed by atoms with E-state index in [1.165, 1.54) is 18.1 Å². The second-order valence-corrected chi connectivity index (χ2v) is 9.40. The molecular weight excluding hydrogens is 531 g/mol. The van der Waals surface area contributed by atoms with Crippen LogP contribution in [0.1, 0.15) is 33.6 Å². The molecule has 2 aromatic carbocycles. The van der Waals surface area contributed by atoms with E-state index in [4.69, 9.17) is 0 Å². The van der Waals surface area contributed by atoms with E-state index in [2.05, 4.69) is 37.9 Å². The predicted octanol–water partition coefficient (Wildman–Crippen LogP) is 2.79. The number of nitrogens with one attached hydrogen (secondary N) is 1. The zero-order valence-electron chi connectivity index (χ0n) is 15.8. The molecule has 1 saturated heterocycles. The summed E-state index contributed by atoms with van der Waals surface area (Å²) in [5.74, 6) is -2.07. The van der Waals surface area contributed by atoms with Crippen LogP contribution in [0.4, 0.5) is 0 Å². The van der Waals surface area contributed by atoms with Crippen LogP contribution in [0.2, 0.25) is 0 Å². The van der Waals surface area contributed by atoms with Gasteiger partial charge in [-0.25, -0.2) is 9.97 Å².